The molecule has 4 N–H and O–H groups in total. The summed E-state index contributed by atoms with van der Waals surface area (Å²) >= 11 is 0. The summed E-state index contributed by atoms with van der Waals surface area (Å²) in [5.41, 5.74) is 6.62. The zero-order valence-corrected chi connectivity index (χ0v) is 16.8. The van der Waals surface area contributed by atoms with Crippen molar-refractivity contribution in [2.75, 3.05) is 7.05 Å². The molecule has 2 fully saturated rings. The molecular formula is C22H29N5O2. The summed E-state index contributed by atoms with van der Waals surface area (Å²) < 4.78 is 5.42. The van der Waals surface area contributed by atoms with Crippen molar-refractivity contribution < 1.29 is 9.21 Å². The monoisotopic (exact) mass is 395 g/mol. The molecule has 0 aliphatic carbocycles. The highest BCUT2D eigenvalue weighted by molar-refractivity contribution is 5.89. The Bertz CT molecular complexity index is 849. The molecule has 0 radical (unpaired) electrons. The number of furan rings is 1. The molecular weight excluding hydrogens is 366 g/mol. The number of hydrogen-bond donors (Lipinski definition) is 3. The van der Waals surface area contributed by atoms with Crippen molar-refractivity contribution in [2.45, 2.75) is 56.9 Å². The molecule has 1 aromatic heterocycles. The molecule has 2 aliphatic rings. The Morgan fingerprint density at radius 2 is 1.90 bits per heavy atom. The first-order valence-electron chi connectivity index (χ1n) is 10.3. The first-order chi connectivity index (χ1) is 14.1. The molecule has 2 unspecified atom stereocenters. The van der Waals surface area contributed by atoms with Crippen molar-refractivity contribution in [1.29, 1.82) is 0 Å². The minimum Gasteiger partial charge on any atom is -0.454 e. The lowest BCUT2D eigenvalue weighted by Crippen LogP contribution is -2.52. The molecule has 1 amide bonds. The minimum atomic E-state index is -0.559. The van der Waals surface area contributed by atoms with Crippen LogP contribution in [0.2, 0.25) is 0 Å². The van der Waals surface area contributed by atoms with E-state index >= 15 is 0 Å². The highest BCUT2D eigenvalue weighted by Crippen LogP contribution is 2.36. The van der Waals surface area contributed by atoms with E-state index < -0.39 is 5.91 Å². The van der Waals surface area contributed by atoms with Gasteiger partial charge in [0.25, 0.3) is 5.91 Å². The van der Waals surface area contributed by atoms with Crippen molar-refractivity contribution in [1.82, 2.24) is 15.5 Å². The summed E-state index contributed by atoms with van der Waals surface area (Å²) in [6.07, 6.45) is 4.78. The standard InChI is InChI=1S/C22H29N5O2/c1-24-22(25-13-19-9-10-20(29-19)21(23)28)26-16-11-17-7-8-18(12-16)27(17)14-15-5-3-2-4-6-15/h2-6,9-10,16-18H,7-8,11-14H2,1H3,(H2,23,28)(H2,24,25,26). The topological polar surface area (TPSA) is 95.9 Å². The first-order valence-corrected chi connectivity index (χ1v) is 10.3. The number of carbonyl (C=O) groups is 1. The average Bonchev–Trinajstić information content (AvgIpc) is 3.28. The number of hydrogen-bond acceptors (Lipinski definition) is 4. The Kier molecular flexibility index (Phi) is 5.85. The van der Waals surface area contributed by atoms with Gasteiger partial charge >= 0.3 is 0 Å². The lowest BCUT2D eigenvalue weighted by molar-refractivity contribution is 0.0972. The highest BCUT2D eigenvalue weighted by Gasteiger charge is 2.40. The number of nitrogens with one attached hydrogen (secondary N) is 2. The first kappa shape index (κ1) is 19.5. The molecule has 2 atom stereocenters. The van der Waals surface area contributed by atoms with Crippen LogP contribution in [0.25, 0.3) is 0 Å². The van der Waals surface area contributed by atoms with Crippen LogP contribution in [0.3, 0.4) is 0 Å². The molecule has 4 rings (SSSR count). The van der Waals surface area contributed by atoms with Gasteiger partial charge in [0.05, 0.1) is 6.54 Å². The summed E-state index contributed by atoms with van der Waals surface area (Å²) in [7, 11) is 1.77. The van der Waals surface area contributed by atoms with E-state index in [1.807, 2.05) is 0 Å². The van der Waals surface area contributed by atoms with Gasteiger partial charge in [0, 0.05) is 31.7 Å². The van der Waals surface area contributed by atoms with Crippen molar-refractivity contribution >= 4 is 11.9 Å². The van der Waals surface area contributed by atoms with Crippen molar-refractivity contribution in [3.63, 3.8) is 0 Å². The normalized spacial score (nSPS) is 24.4. The van der Waals surface area contributed by atoms with Crippen LogP contribution in [-0.2, 0) is 13.1 Å². The lowest BCUT2D eigenvalue weighted by atomic mass is 9.96. The zero-order chi connectivity index (χ0) is 20.2. The van der Waals surface area contributed by atoms with Crippen molar-refractivity contribution in [2.24, 2.45) is 10.7 Å². The van der Waals surface area contributed by atoms with Gasteiger partial charge in [-0.15, -0.1) is 0 Å². The molecule has 3 heterocycles. The number of amides is 1. The zero-order valence-electron chi connectivity index (χ0n) is 16.8. The van der Waals surface area contributed by atoms with Gasteiger partial charge in [-0.1, -0.05) is 30.3 Å². The third kappa shape index (κ3) is 4.62. The van der Waals surface area contributed by atoms with Crippen LogP contribution >= 0.6 is 0 Å². The summed E-state index contributed by atoms with van der Waals surface area (Å²) in [4.78, 5) is 18.2. The van der Waals surface area contributed by atoms with E-state index in [1.54, 1.807) is 19.2 Å². The fraction of sp³-hybridized carbons (Fsp3) is 0.455. The number of nitrogens with zero attached hydrogens (tertiary/aromatic N) is 2. The summed E-state index contributed by atoms with van der Waals surface area (Å²) in [5, 5.41) is 6.84. The number of rotatable bonds is 6. The predicted molar refractivity (Wildman–Crippen MR) is 112 cm³/mol. The second-order valence-electron chi connectivity index (χ2n) is 7.91. The molecule has 7 nitrogen and oxygen atoms in total. The lowest BCUT2D eigenvalue weighted by Gasteiger charge is -2.39. The highest BCUT2D eigenvalue weighted by atomic mass is 16.3. The molecule has 0 saturated carbocycles. The van der Waals surface area contributed by atoms with Gasteiger partial charge in [0.2, 0.25) is 0 Å². The van der Waals surface area contributed by atoms with Crippen LogP contribution in [0, 0.1) is 0 Å². The third-order valence-electron chi connectivity index (χ3n) is 5.99. The maximum absolute atomic E-state index is 11.1. The van der Waals surface area contributed by atoms with Crippen molar-refractivity contribution in [3.05, 3.63) is 59.5 Å². The Hall–Kier alpha value is -2.80. The van der Waals surface area contributed by atoms with Crippen LogP contribution < -0.4 is 16.4 Å². The number of carbonyl (C=O) groups excluding carboxylic acids is 1. The quantitative estimate of drug-likeness (QED) is 0.515. The fourth-order valence-electron chi connectivity index (χ4n) is 4.61. The van der Waals surface area contributed by atoms with E-state index in [2.05, 4.69) is 50.9 Å². The second-order valence-corrected chi connectivity index (χ2v) is 7.91. The smallest absolute Gasteiger partial charge is 0.284 e. The number of benzene rings is 1. The molecule has 2 saturated heterocycles. The number of piperidine rings is 1. The predicted octanol–water partition coefficient (Wildman–Crippen LogP) is 2.24. The van der Waals surface area contributed by atoms with Gasteiger partial charge < -0.3 is 20.8 Å². The molecule has 2 aliphatic heterocycles. The number of fused-ring (bicyclic) bond motifs is 2. The maximum Gasteiger partial charge on any atom is 0.284 e. The minimum absolute atomic E-state index is 0.173. The number of primary amides is 1. The largest absolute Gasteiger partial charge is 0.454 e. The van der Waals surface area contributed by atoms with E-state index in [0.717, 1.165) is 25.3 Å². The van der Waals surface area contributed by atoms with E-state index in [1.165, 1.54) is 18.4 Å². The number of nitrogens with two attached hydrogens (primary N) is 1. The Balaban J connectivity index is 1.30. The van der Waals surface area contributed by atoms with E-state index in [4.69, 9.17) is 10.2 Å². The Labute approximate surface area is 171 Å². The van der Waals surface area contributed by atoms with Gasteiger partial charge in [0.1, 0.15) is 5.76 Å². The molecule has 0 spiro atoms. The Morgan fingerprint density at radius 1 is 1.17 bits per heavy atom. The molecule has 1 aromatic carbocycles. The van der Waals surface area contributed by atoms with Gasteiger partial charge in [0.15, 0.2) is 11.7 Å². The Morgan fingerprint density at radius 3 is 2.52 bits per heavy atom. The van der Waals surface area contributed by atoms with E-state index in [-0.39, 0.29) is 5.76 Å². The molecule has 2 bridgehead atoms. The van der Waals surface area contributed by atoms with Crippen LogP contribution in [0.4, 0.5) is 0 Å². The van der Waals surface area contributed by atoms with Crippen LogP contribution in [0.5, 0.6) is 0 Å². The summed E-state index contributed by atoms with van der Waals surface area (Å²) in [5.74, 6) is 1.02. The number of guanidine groups is 1. The molecule has 154 valence electrons. The molecule has 29 heavy (non-hydrogen) atoms. The second kappa shape index (κ2) is 8.69. The maximum atomic E-state index is 11.1. The summed E-state index contributed by atoms with van der Waals surface area (Å²) in [6, 6.07) is 15.7. The van der Waals surface area contributed by atoms with Gasteiger partial charge in [-0.05, 0) is 43.4 Å². The van der Waals surface area contributed by atoms with Gasteiger partial charge in [-0.2, -0.15) is 0 Å². The average molecular weight is 396 g/mol. The van der Waals surface area contributed by atoms with E-state index in [9.17, 15) is 4.79 Å². The van der Waals surface area contributed by atoms with Crippen LogP contribution in [0.1, 0.15) is 47.6 Å². The summed E-state index contributed by atoms with van der Waals surface area (Å²) in [6.45, 7) is 1.49. The van der Waals surface area contributed by atoms with Crippen LogP contribution in [0.15, 0.2) is 51.9 Å². The third-order valence-corrected chi connectivity index (χ3v) is 5.99. The van der Waals surface area contributed by atoms with E-state index in [0.29, 0.717) is 30.4 Å². The molecule has 2 aromatic rings. The molecule has 7 heteroatoms. The van der Waals surface area contributed by atoms with Gasteiger partial charge in [-0.25, -0.2) is 0 Å². The van der Waals surface area contributed by atoms with Crippen molar-refractivity contribution in [3.8, 4) is 0 Å². The SMILES string of the molecule is CN=C(NCc1ccc(C(N)=O)o1)NC1CC2CCC(C1)N2Cc1ccccc1. The van der Waals surface area contributed by atoms with Gasteiger partial charge in [-0.3, -0.25) is 14.7 Å². The fourth-order valence-corrected chi connectivity index (χ4v) is 4.61. The van der Waals surface area contributed by atoms with Crippen LogP contribution in [-0.4, -0.2) is 41.9 Å². The number of aliphatic imine (C=N–C) groups is 1.